The molecule has 2 aromatic carbocycles. The van der Waals surface area contributed by atoms with E-state index >= 15 is 0 Å². The summed E-state index contributed by atoms with van der Waals surface area (Å²) in [7, 11) is 0.264. The highest BCUT2D eigenvalue weighted by Crippen LogP contribution is 2.15. The van der Waals surface area contributed by atoms with Gasteiger partial charge in [0.2, 0.25) is 0 Å². The molecule has 0 radical (unpaired) electrons. The molecule has 1 atom stereocenters. The summed E-state index contributed by atoms with van der Waals surface area (Å²) in [6.45, 7) is 0.213. The van der Waals surface area contributed by atoms with Gasteiger partial charge in [-0.2, -0.15) is 0 Å². The Morgan fingerprint density at radius 1 is 1.11 bits per heavy atom. The van der Waals surface area contributed by atoms with Crippen molar-refractivity contribution in [3.8, 4) is 5.75 Å². The number of likely N-dealkylation sites (N-methyl/N-ethyl adjacent to an activating group) is 1. The number of halogens is 1. The summed E-state index contributed by atoms with van der Waals surface area (Å²) in [5, 5.41) is 0.616. The zero-order chi connectivity index (χ0) is 19.8. The summed E-state index contributed by atoms with van der Waals surface area (Å²) >= 11 is 5.80. The number of ether oxygens (including phenoxy) is 2. The molecule has 27 heavy (non-hydrogen) atoms. The van der Waals surface area contributed by atoms with Crippen molar-refractivity contribution in [2.24, 2.45) is 0 Å². The Balaban J connectivity index is 1.80. The maximum absolute atomic E-state index is 12.2. The highest BCUT2D eigenvalue weighted by molar-refractivity contribution is 7.84. The Morgan fingerprint density at radius 2 is 1.78 bits per heavy atom. The topological polar surface area (TPSA) is 72.9 Å². The Hall–Kier alpha value is -2.38. The van der Waals surface area contributed by atoms with E-state index in [2.05, 4.69) is 0 Å². The van der Waals surface area contributed by atoms with E-state index in [-0.39, 0.29) is 18.1 Å². The Morgan fingerprint density at radius 3 is 2.44 bits per heavy atom. The minimum absolute atomic E-state index is 0.194. The van der Waals surface area contributed by atoms with Gasteiger partial charge < -0.3 is 14.4 Å². The summed E-state index contributed by atoms with van der Waals surface area (Å²) in [5.41, 5.74) is 0.194. The van der Waals surface area contributed by atoms with Gasteiger partial charge in [0.1, 0.15) is 12.4 Å². The molecule has 8 heteroatoms. The minimum Gasteiger partial charge on any atom is -0.492 e. The van der Waals surface area contributed by atoms with Crippen molar-refractivity contribution >= 4 is 34.3 Å². The predicted octanol–water partition coefficient (Wildman–Crippen LogP) is 2.77. The van der Waals surface area contributed by atoms with Crippen molar-refractivity contribution in [1.29, 1.82) is 0 Å². The molecule has 2 aromatic rings. The quantitative estimate of drug-likeness (QED) is 0.627. The molecule has 0 bridgehead atoms. The lowest BCUT2D eigenvalue weighted by molar-refractivity contribution is -0.133. The molecule has 1 amide bonds. The van der Waals surface area contributed by atoms with Gasteiger partial charge in [-0.15, -0.1) is 0 Å². The normalized spacial score (nSPS) is 11.5. The van der Waals surface area contributed by atoms with E-state index in [4.69, 9.17) is 21.1 Å². The summed E-state index contributed by atoms with van der Waals surface area (Å²) in [5.74, 6) is -0.394. The maximum Gasteiger partial charge on any atom is 0.339 e. The average molecular weight is 410 g/mol. The zero-order valence-electron chi connectivity index (χ0n) is 15.0. The molecular weight excluding hydrogens is 390 g/mol. The highest BCUT2D eigenvalue weighted by atomic mass is 35.5. The van der Waals surface area contributed by atoms with Crippen molar-refractivity contribution < 1.29 is 23.3 Å². The first-order valence-corrected chi connectivity index (χ1v) is 10.0. The van der Waals surface area contributed by atoms with Crippen LogP contribution in [0, 0.1) is 0 Å². The number of nitrogens with zero attached hydrogens (tertiary/aromatic N) is 1. The number of hydrogen-bond donors (Lipinski definition) is 0. The van der Waals surface area contributed by atoms with Gasteiger partial charge >= 0.3 is 5.97 Å². The molecule has 144 valence electrons. The fourth-order valence-corrected chi connectivity index (χ4v) is 3.01. The van der Waals surface area contributed by atoms with E-state index in [1.165, 1.54) is 17.2 Å². The van der Waals surface area contributed by atoms with Crippen LogP contribution in [0.3, 0.4) is 0 Å². The lowest BCUT2D eigenvalue weighted by Gasteiger charge is -2.17. The fourth-order valence-electron chi connectivity index (χ4n) is 2.16. The first kappa shape index (κ1) is 20.9. The van der Waals surface area contributed by atoms with E-state index in [1.807, 2.05) is 0 Å². The molecule has 0 saturated carbocycles. The molecule has 0 aliphatic carbocycles. The molecule has 6 nitrogen and oxygen atoms in total. The van der Waals surface area contributed by atoms with E-state index in [0.29, 0.717) is 22.2 Å². The first-order chi connectivity index (χ1) is 12.9. The summed E-state index contributed by atoms with van der Waals surface area (Å²) < 4.78 is 22.3. The lowest BCUT2D eigenvalue weighted by Crippen LogP contribution is -2.34. The standard InChI is InChI=1S/C19H20ClNO5S/c1-21(11-12-25-15-9-7-14(20)8-10-15)18(22)13-26-19(23)16-5-3-4-6-17(16)27(2)24/h3-10H,11-13H2,1-2H3/t27-/m0/s1. The van der Waals surface area contributed by atoms with Crippen LogP contribution in [0.5, 0.6) is 5.75 Å². The molecule has 0 saturated heterocycles. The molecule has 0 heterocycles. The van der Waals surface area contributed by atoms with Crippen molar-refractivity contribution in [3.05, 3.63) is 59.1 Å². The minimum atomic E-state index is -1.33. The fraction of sp³-hybridized carbons (Fsp3) is 0.263. The van der Waals surface area contributed by atoms with Crippen LogP contribution in [0.1, 0.15) is 10.4 Å². The number of rotatable bonds is 8. The van der Waals surface area contributed by atoms with Gasteiger partial charge in [0, 0.05) is 18.3 Å². The molecule has 0 N–H and O–H groups in total. The summed E-state index contributed by atoms with van der Waals surface area (Å²) in [6, 6.07) is 13.4. The molecule has 0 unspecified atom stereocenters. The smallest absolute Gasteiger partial charge is 0.339 e. The highest BCUT2D eigenvalue weighted by Gasteiger charge is 2.17. The van der Waals surface area contributed by atoms with Crippen LogP contribution in [0.15, 0.2) is 53.4 Å². The first-order valence-electron chi connectivity index (χ1n) is 8.10. The third kappa shape index (κ3) is 6.37. The van der Waals surface area contributed by atoms with Crippen molar-refractivity contribution in [3.63, 3.8) is 0 Å². The summed E-state index contributed by atoms with van der Waals surface area (Å²) in [4.78, 5) is 26.0. The largest absolute Gasteiger partial charge is 0.492 e. The molecule has 0 spiro atoms. The molecule has 0 aliphatic heterocycles. The average Bonchev–Trinajstić information content (AvgIpc) is 2.67. The van der Waals surface area contributed by atoms with Crippen molar-refractivity contribution in [1.82, 2.24) is 4.90 Å². The van der Waals surface area contributed by atoms with Crippen molar-refractivity contribution in [2.75, 3.05) is 33.1 Å². The Labute approximate surface area is 165 Å². The second kappa shape index (κ2) is 10.1. The van der Waals surface area contributed by atoms with Gasteiger partial charge in [0.05, 0.1) is 27.8 Å². The number of amides is 1. The van der Waals surface area contributed by atoms with E-state index in [9.17, 15) is 13.8 Å². The SMILES string of the molecule is CN(CCOc1ccc(Cl)cc1)C(=O)COC(=O)c1ccccc1[S@](C)=O. The van der Waals surface area contributed by atoms with Gasteiger partial charge in [-0.1, -0.05) is 23.7 Å². The Kier molecular flexibility index (Phi) is 7.82. The van der Waals surface area contributed by atoms with Crippen LogP contribution in [0.4, 0.5) is 0 Å². The molecule has 0 aromatic heterocycles. The number of benzene rings is 2. The molecule has 0 fully saturated rings. The van der Waals surface area contributed by atoms with Crippen LogP contribution in [0.2, 0.25) is 5.02 Å². The zero-order valence-corrected chi connectivity index (χ0v) is 16.6. The lowest BCUT2D eigenvalue weighted by atomic mass is 10.2. The Bertz CT molecular complexity index is 825. The van der Waals surface area contributed by atoms with Crippen LogP contribution in [-0.4, -0.2) is 54.0 Å². The van der Waals surface area contributed by atoms with Gasteiger partial charge in [0.15, 0.2) is 6.61 Å². The van der Waals surface area contributed by atoms with Crippen LogP contribution in [0.25, 0.3) is 0 Å². The van der Waals surface area contributed by atoms with E-state index in [0.717, 1.165) is 0 Å². The second-order valence-electron chi connectivity index (χ2n) is 5.64. The van der Waals surface area contributed by atoms with E-state index < -0.39 is 23.4 Å². The number of carbonyl (C=O) groups excluding carboxylic acids is 2. The molecule has 0 aliphatic rings. The predicted molar refractivity (Wildman–Crippen MR) is 104 cm³/mol. The maximum atomic E-state index is 12.2. The third-order valence-corrected chi connectivity index (χ3v) is 4.91. The van der Waals surface area contributed by atoms with Crippen molar-refractivity contribution in [2.45, 2.75) is 4.90 Å². The van der Waals surface area contributed by atoms with Gasteiger partial charge in [-0.3, -0.25) is 9.00 Å². The number of esters is 1. The summed E-state index contributed by atoms with van der Waals surface area (Å²) in [6.07, 6.45) is 1.48. The second-order valence-corrected chi connectivity index (χ2v) is 7.43. The number of hydrogen-bond acceptors (Lipinski definition) is 5. The van der Waals surface area contributed by atoms with Crippen LogP contribution in [-0.2, 0) is 20.3 Å². The number of carbonyl (C=O) groups is 2. The monoisotopic (exact) mass is 409 g/mol. The van der Waals surface area contributed by atoms with E-state index in [1.54, 1.807) is 49.5 Å². The third-order valence-electron chi connectivity index (χ3n) is 3.68. The van der Waals surface area contributed by atoms with Gasteiger partial charge in [-0.05, 0) is 36.4 Å². The molecule has 2 rings (SSSR count). The van der Waals surface area contributed by atoms with Crippen LogP contribution >= 0.6 is 11.6 Å². The van der Waals surface area contributed by atoms with Gasteiger partial charge in [0.25, 0.3) is 5.91 Å². The van der Waals surface area contributed by atoms with Crippen LogP contribution < -0.4 is 4.74 Å². The van der Waals surface area contributed by atoms with Gasteiger partial charge in [-0.25, -0.2) is 4.79 Å². The molecular formula is C19H20ClNO5S.